The summed E-state index contributed by atoms with van der Waals surface area (Å²) in [6.07, 6.45) is 8.69. The SMILES string of the molecule is OC(C=Cc1ccccc1)(c1ccccc1)C1CCCC1. The summed E-state index contributed by atoms with van der Waals surface area (Å²) in [4.78, 5) is 0. The summed E-state index contributed by atoms with van der Waals surface area (Å²) < 4.78 is 0. The van der Waals surface area contributed by atoms with E-state index in [0.717, 1.165) is 24.0 Å². The quantitative estimate of drug-likeness (QED) is 0.853. The Labute approximate surface area is 127 Å². The smallest absolute Gasteiger partial charge is 0.111 e. The monoisotopic (exact) mass is 278 g/mol. The molecule has 0 spiro atoms. The lowest BCUT2D eigenvalue weighted by Crippen LogP contribution is -2.31. The first-order valence-corrected chi connectivity index (χ1v) is 7.81. The van der Waals surface area contributed by atoms with Crippen LogP contribution in [0, 0.1) is 5.92 Å². The zero-order valence-corrected chi connectivity index (χ0v) is 12.3. The highest BCUT2D eigenvalue weighted by Crippen LogP contribution is 2.41. The van der Waals surface area contributed by atoms with Crippen LogP contribution < -0.4 is 0 Å². The number of aliphatic hydroxyl groups is 1. The first-order chi connectivity index (χ1) is 10.3. The van der Waals surface area contributed by atoms with Crippen LogP contribution in [0.5, 0.6) is 0 Å². The lowest BCUT2D eigenvalue weighted by atomic mass is 9.79. The molecule has 1 fully saturated rings. The molecule has 0 saturated heterocycles. The van der Waals surface area contributed by atoms with Gasteiger partial charge in [0.2, 0.25) is 0 Å². The van der Waals surface area contributed by atoms with Gasteiger partial charge in [0.15, 0.2) is 0 Å². The summed E-state index contributed by atoms with van der Waals surface area (Å²) in [5.41, 5.74) is 1.28. The molecule has 1 N–H and O–H groups in total. The molecule has 0 amide bonds. The molecule has 1 heteroatoms. The minimum Gasteiger partial charge on any atom is -0.381 e. The van der Waals surface area contributed by atoms with Crippen LogP contribution in [-0.2, 0) is 5.60 Å². The molecule has 1 aliphatic carbocycles. The number of hydrogen-bond acceptors (Lipinski definition) is 1. The molecule has 0 aliphatic heterocycles. The van der Waals surface area contributed by atoms with Crippen molar-refractivity contribution in [2.24, 2.45) is 5.92 Å². The highest BCUT2D eigenvalue weighted by atomic mass is 16.3. The van der Waals surface area contributed by atoms with Crippen LogP contribution in [0.2, 0.25) is 0 Å². The van der Waals surface area contributed by atoms with Crippen molar-refractivity contribution < 1.29 is 5.11 Å². The molecule has 2 aromatic rings. The lowest BCUT2D eigenvalue weighted by molar-refractivity contribution is 0.0276. The zero-order valence-electron chi connectivity index (χ0n) is 12.3. The minimum absolute atomic E-state index is 0.319. The van der Waals surface area contributed by atoms with E-state index in [-0.39, 0.29) is 0 Å². The molecule has 0 heterocycles. The molecular weight excluding hydrogens is 256 g/mol. The number of hydrogen-bond donors (Lipinski definition) is 1. The second-order valence-corrected chi connectivity index (χ2v) is 5.92. The zero-order chi connectivity index (χ0) is 14.5. The third kappa shape index (κ3) is 3.08. The van der Waals surface area contributed by atoms with E-state index in [9.17, 15) is 5.11 Å². The Morgan fingerprint density at radius 1 is 0.857 bits per heavy atom. The van der Waals surface area contributed by atoms with Crippen molar-refractivity contribution in [3.63, 3.8) is 0 Å². The molecule has 1 saturated carbocycles. The summed E-state index contributed by atoms with van der Waals surface area (Å²) in [5, 5.41) is 11.4. The standard InChI is InChI=1S/C20H22O/c21-20(19-13-7-8-14-19,18-11-5-2-6-12-18)16-15-17-9-3-1-4-10-17/h1-6,9-12,15-16,19,21H,7-8,13-14H2. The van der Waals surface area contributed by atoms with E-state index in [1.807, 2.05) is 60.7 Å². The van der Waals surface area contributed by atoms with E-state index < -0.39 is 5.60 Å². The second-order valence-electron chi connectivity index (χ2n) is 5.92. The second kappa shape index (κ2) is 6.28. The maximum atomic E-state index is 11.4. The summed E-state index contributed by atoms with van der Waals surface area (Å²) in [5.74, 6) is 0.319. The average molecular weight is 278 g/mol. The largest absolute Gasteiger partial charge is 0.381 e. The molecular formula is C20H22O. The Morgan fingerprint density at radius 3 is 2.05 bits per heavy atom. The summed E-state index contributed by atoms with van der Waals surface area (Å²) in [7, 11) is 0. The normalized spacial score (nSPS) is 18.9. The van der Waals surface area contributed by atoms with Crippen LogP contribution in [0.1, 0.15) is 36.8 Å². The average Bonchev–Trinajstić information content (AvgIpc) is 3.09. The predicted octanol–water partition coefficient (Wildman–Crippen LogP) is 4.78. The minimum atomic E-state index is -0.854. The fraction of sp³-hybridized carbons (Fsp3) is 0.300. The van der Waals surface area contributed by atoms with Crippen LogP contribution in [0.4, 0.5) is 0 Å². The van der Waals surface area contributed by atoms with Gasteiger partial charge in [-0.3, -0.25) is 0 Å². The molecule has 2 aromatic carbocycles. The van der Waals surface area contributed by atoms with E-state index in [2.05, 4.69) is 12.1 Å². The van der Waals surface area contributed by atoms with Gasteiger partial charge in [-0.2, -0.15) is 0 Å². The van der Waals surface area contributed by atoms with Gasteiger partial charge in [-0.1, -0.05) is 79.6 Å². The highest BCUT2D eigenvalue weighted by molar-refractivity contribution is 5.51. The Morgan fingerprint density at radius 2 is 1.43 bits per heavy atom. The van der Waals surface area contributed by atoms with Crippen molar-refractivity contribution in [1.82, 2.24) is 0 Å². The molecule has 1 unspecified atom stereocenters. The van der Waals surface area contributed by atoms with Crippen LogP contribution in [-0.4, -0.2) is 5.11 Å². The van der Waals surface area contributed by atoms with Gasteiger partial charge < -0.3 is 5.11 Å². The number of benzene rings is 2. The van der Waals surface area contributed by atoms with Crippen molar-refractivity contribution >= 4 is 6.08 Å². The van der Waals surface area contributed by atoms with Crippen molar-refractivity contribution in [3.8, 4) is 0 Å². The summed E-state index contributed by atoms with van der Waals surface area (Å²) in [6, 6.07) is 20.3. The van der Waals surface area contributed by atoms with Gasteiger partial charge in [-0.15, -0.1) is 0 Å². The summed E-state index contributed by atoms with van der Waals surface area (Å²) >= 11 is 0. The molecule has 3 rings (SSSR count). The molecule has 108 valence electrons. The van der Waals surface area contributed by atoms with E-state index in [4.69, 9.17) is 0 Å². The highest BCUT2D eigenvalue weighted by Gasteiger charge is 2.37. The van der Waals surface area contributed by atoms with E-state index in [1.54, 1.807) is 0 Å². The molecule has 1 atom stereocenters. The molecule has 1 nitrogen and oxygen atoms in total. The molecule has 21 heavy (non-hydrogen) atoms. The van der Waals surface area contributed by atoms with Gasteiger partial charge in [-0.25, -0.2) is 0 Å². The van der Waals surface area contributed by atoms with Crippen molar-refractivity contribution in [1.29, 1.82) is 0 Å². The first kappa shape index (κ1) is 14.1. The fourth-order valence-electron chi connectivity index (χ4n) is 3.33. The number of rotatable bonds is 4. The van der Waals surface area contributed by atoms with Gasteiger partial charge >= 0.3 is 0 Å². The molecule has 0 bridgehead atoms. The van der Waals surface area contributed by atoms with E-state index in [1.165, 1.54) is 12.8 Å². The van der Waals surface area contributed by atoms with Gasteiger partial charge in [0.05, 0.1) is 0 Å². The lowest BCUT2D eigenvalue weighted by Gasteiger charge is -2.32. The van der Waals surface area contributed by atoms with Crippen LogP contribution in [0.25, 0.3) is 6.08 Å². The Balaban J connectivity index is 1.94. The van der Waals surface area contributed by atoms with Gasteiger partial charge in [0.1, 0.15) is 5.60 Å². The van der Waals surface area contributed by atoms with Crippen molar-refractivity contribution in [3.05, 3.63) is 77.9 Å². The van der Waals surface area contributed by atoms with Gasteiger partial charge in [0.25, 0.3) is 0 Å². The maximum Gasteiger partial charge on any atom is 0.111 e. The van der Waals surface area contributed by atoms with Gasteiger partial charge in [0, 0.05) is 0 Å². The van der Waals surface area contributed by atoms with Crippen LogP contribution >= 0.6 is 0 Å². The Bertz CT molecular complexity index is 582. The molecule has 1 aliphatic rings. The third-order valence-electron chi connectivity index (χ3n) is 4.54. The van der Waals surface area contributed by atoms with Crippen molar-refractivity contribution in [2.75, 3.05) is 0 Å². The van der Waals surface area contributed by atoms with E-state index >= 15 is 0 Å². The maximum absolute atomic E-state index is 11.4. The molecule has 0 radical (unpaired) electrons. The first-order valence-electron chi connectivity index (χ1n) is 7.81. The topological polar surface area (TPSA) is 20.2 Å². The molecule has 0 aromatic heterocycles. The van der Waals surface area contributed by atoms with E-state index in [0.29, 0.717) is 5.92 Å². The summed E-state index contributed by atoms with van der Waals surface area (Å²) in [6.45, 7) is 0. The van der Waals surface area contributed by atoms with Crippen LogP contribution in [0.15, 0.2) is 66.7 Å². The fourth-order valence-corrected chi connectivity index (χ4v) is 3.33. The van der Waals surface area contributed by atoms with Crippen LogP contribution in [0.3, 0.4) is 0 Å². The Hall–Kier alpha value is -1.86. The predicted molar refractivity (Wildman–Crippen MR) is 87.8 cm³/mol. The Kier molecular flexibility index (Phi) is 4.21. The third-order valence-corrected chi connectivity index (χ3v) is 4.54. The van der Waals surface area contributed by atoms with Gasteiger partial charge in [-0.05, 0) is 36.0 Å². The van der Waals surface area contributed by atoms with Crippen molar-refractivity contribution in [2.45, 2.75) is 31.3 Å².